The molecule has 3 atom stereocenters. The van der Waals surface area contributed by atoms with Crippen molar-refractivity contribution in [3.05, 3.63) is 46.7 Å². The molecule has 0 spiro atoms. The number of rotatable bonds is 6. The molecular weight excluding hydrogens is 360 g/mol. The van der Waals surface area contributed by atoms with Crippen LogP contribution in [0.3, 0.4) is 0 Å². The molecule has 2 rings (SSSR count). The quantitative estimate of drug-likeness (QED) is 0.333. The lowest BCUT2D eigenvalue weighted by molar-refractivity contribution is -0.141. The van der Waals surface area contributed by atoms with Crippen LogP contribution in [0, 0.1) is 5.92 Å². The number of ether oxygens (including phenoxy) is 1. The Morgan fingerprint density at radius 2 is 1.78 bits per heavy atom. The number of thioether (sulfide) groups is 1. The van der Waals surface area contributed by atoms with Gasteiger partial charge in [-0.15, -0.1) is 0 Å². The number of ketones is 1. The summed E-state index contributed by atoms with van der Waals surface area (Å²) in [5.74, 6) is -1.60. The van der Waals surface area contributed by atoms with Crippen LogP contribution >= 0.6 is 11.8 Å². The van der Waals surface area contributed by atoms with Gasteiger partial charge in [0, 0.05) is 17.6 Å². The fourth-order valence-corrected chi connectivity index (χ4v) is 3.49. The van der Waals surface area contributed by atoms with Gasteiger partial charge in [-0.25, -0.2) is 4.79 Å². The van der Waals surface area contributed by atoms with Crippen molar-refractivity contribution >= 4 is 23.5 Å². The minimum atomic E-state index is -0.782. The molecule has 5 heteroatoms. The van der Waals surface area contributed by atoms with Crippen molar-refractivity contribution in [3.8, 4) is 0 Å². The first-order chi connectivity index (χ1) is 12.5. The van der Waals surface area contributed by atoms with Gasteiger partial charge in [-0.3, -0.25) is 4.79 Å². The van der Waals surface area contributed by atoms with E-state index in [1.807, 2.05) is 32.2 Å². The van der Waals surface area contributed by atoms with Gasteiger partial charge >= 0.3 is 5.97 Å². The molecule has 1 heterocycles. The maximum absolute atomic E-state index is 12.5. The van der Waals surface area contributed by atoms with E-state index in [1.165, 1.54) is 5.56 Å². The molecule has 1 saturated heterocycles. The van der Waals surface area contributed by atoms with Gasteiger partial charge in [0.2, 0.25) is 5.78 Å². The number of allylic oxidation sites excluding steroid dienone is 1. The Morgan fingerprint density at radius 1 is 1.19 bits per heavy atom. The van der Waals surface area contributed by atoms with E-state index >= 15 is 0 Å². The number of cyclic esters (lactones) is 1. The average Bonchev–Trinajstić information content (AvgIpc) is 2.87. The summed E-state index contributed by atoms with van der Waals surface area (Å²) >= 11 is 1.61. The van der Waals surface area contributed by atoms with Crippen LogP contribution in [0.5, 0.6) is 0 Å². The van der Waals surface area contributed by atoms with Crippen molar-refractivity contribution in [2.45, 2.75) is 64.2 Å². The number of carbonyl (C=O) groups excluding carboxylic acids is 2. The van der Waals surface area contributed by atoms with E-state index in [4.69, 9.17) is 4.74 Å². The van der Waals surface area contributed by atoms with Gasteiger partial charge in [0.05, 0.1) is 0 Å². The zero-order valence-corrected chi connectivity index (χ0v) is 17.9. The molecular formula is C22H30O4S. The maximum atomic E-state index is 12.5. The molecule has 1 aliphatic rings. The predicted molar refractivity (Wildman–Crippen MR) is 110 cm³/mol. The van der Waals surface area contributed by atoms with Gasteiger partial charge in [-0.05, 0) is 29.2 Å². The first kappa shape index (κ1) is 21.5. The molecule has 1 fully saturated rings. The molecule has 0 amide bonds. The molecule has 3 unspecified atom stereocenters. The summed E-state index contributed by atoms with van der Waals surface area (Å²) in [4.78, 5) is 24.7. The number of aliphatic hydroxyl groups excluding tert-OH is 1. The Balaban J connectivity index is 2.14. The Labute approximate surface area is 166 Å². The largest absolute Gasteiger partial charge is 0.511 e. The lowest BCUT2D eigenvalue weighted by atomic mass is 9.86. The van der Waals surface area contributed by atoms with E-state index in [0.717, 1.165) is 5.56 Å². The monoisotopic (exact) mass is 390 g/mol. The third-order valence-corrected chi connectivity index (χ3v) is 6.02. The third-order valence-electron chi connectivity index (χ3n) is 5.03. The summed E-state index contributed by atoms with van der Waals surface area (Å²) in [6.45, 7) is 10.3. The molecule has 1 aliphatic heterocycles. The first-order valence-electron chi connectivity index (χ1n) is 9.35. The molecule has 27 heavy (non-hydrogen) atoms. The second kappa shape index (κ2) is 8.51. The maximum Gasteiger partial charge on any atom is 0.346 e. The summed E-state index contributed by atoms with van der Waals surface area (Å²) in [6, 6.07) is 8.24. The van der Waals surface area contributed by atoms with Crippen molar-refractivity contribution < 1.29 is 19.4 Å². The number of hydrogen-bond donors (Lipinski definition) is 1. The third kappa shape index (κ3) is 5.16. The van der Waals surface area contributed by atoms with Gasteiger partial charge < -0.3 is 9.84 Å². The Morgan fingerprint density at radius 3 is 2.30 bits per heavy atom. The Kier molecular flexibility index (Phi) is 6.79. The van der Waals surface area contributed by atoms with Crippen molar-refractivity contribution in [3.63, 3.8) is 0 Å². The summed E-state index contributed by atoms with van der Waals surface area (Å²) in [7, 11) is 0. The highest BCUT2D eigenvalue weighted by molar-refractivity contribution is 7.99. The van der Waals surface area contributed by atoms with Gasteiger partial charge in [0.1, 0.15) is 11.3 Å². The highest BCUT2D eigenvalue weighted by atomic mass is 32.2. The van der Waals surface area contributed by atoms with E-state index in [9.17, 15) is 14.7 Å². The van der Waals surface area contributed by atoms with Crippen LogP contribution in [0.15, 0.2) is 35.6 Å². The van der Waals surface area contributed by atoms with Gasteiger partial charge in [0.15, 0.2) is 6.10 Å². The molecule has 148 valence electrons. The number of Topliss-reactive ketones (excluding diaryl/α,β-unsaturated/α-hetero) is 1. The van der Waals surface area contributed by atoms with Crippen molar-refractivity contribution in [1.82, 2.24) is 0 Å². The van der Waals surface area contributed by atoms with Crippen LogP contribution in [0.2, 0.25) is 0 Å². The minimum absolute atomic E-state index is 0.0806. The van der Waals surface area contributed by atoms with Crippen LogP contribution in [-0.4, -0.2) is 34.5 Å². The summed E-state index contributed by atoms with van der Waals surface area (Å²) in [5, 5.41) is 10.8. The van der Waals surface area contributed by atoms with Crippen LogP contribution in [0.1, 0.15) is 52.2 Å². The number of hydrogen-bond acceptors (Lipinski definition) is 5. The second-order valence-corrected chi connectivity index (χ2v) is 9.63. The molecule has 0 radical (unpaired) electrons. The predicted octanol–water partition coefficient (Wildman–Crippen LogP) is 4.61. The molecule has 4 nitrogen and oxygen atoms in total. The highest BCUT2D eigenvalue weighted by Crippen LogP contribution is 2.29. The zero-order valence-electron chi connectivity index (χ0n) is 17.0. The Hall–Kier alpha value is -1.75. The van der Waals surface area contributed by atoms with E-state index in [0.29, 0.717) is 12.8 Å². The number of carbonyl (C=O) groups is 2. The lowest BCUT2D eigenvalue weighted by Crippen LogP contribution is -2.21. The molecule has 1 aromatic rings. The molecule has 0 bridgehead atoms. The lowest BCUT2D eigenvalue weighted by Gasteiger charge is -2.19. The van der Waals surface area contributed by atoms with E-state index in [-0.39, 0.29) is 27.9 Å². The topological polar surface area (TPSA) is 63.6 Å². The van der Waals surface area contributed by atoms with Crippen LogP contribution in [0.4, 0.5) is 0 Å². The van der Waals surface area contributed by atoms with Gasteiger partial charge in [0.25, 0.3) is 0 Å². The fourth-order valence-electron chi connectivity index (χ4n) is 3.12. The van der Waals surface area contributed by atoms with Crippen molar-refractivity contribution in [2.24, 2.45) is 5.92 Å². The summed E-state index contributed by atoms with van der Waals surface area (Å²) in [5.41, 5.74) is 2.19. The molecule has 1 N–H and O–H groups in total. The standard InChI is InChI=1S/C22H30O4S/c1-13(11-15-7-9-16(10-8-15)22(3,4)5)19(23)18-20(24)17(26-21(18)25)12-14(2)27-6/h7-10,13-14,17,23H,11-12H2,1-6H3. The van der Waals surface area contributed by atoms with Gasteiger partial charge in [-0.2, -0.15) is 11.8 Å². The number of esters is 1. The van der Waals surface area contributed by atoms with E-state index in [1.54, 1.807) is 11.8 Å². The first-order valence-corrected chi connectivity index (χ1v) is 10.6. The number of aliphatic hydroxyl groups is 1. The highest BCUT2D eigenvalue weighted by Gasteiger charge is 2.42. The summed E-state index contributed by atoms with van der Waals surface area (Å²) in [6.07, 6.45) is 2.18. The van der Waals surface area contributed by atoms with Gasteiger partial charge in [-0.1, -0.05) is 58.9 Å². The van der Waals surface area contributed by atoms with Crippen molar-refractivity contribution in [1.29, 1.82) is 0 Å². The molecule has 0 aliphatic carbocycles. The van der Waals surface area contributed by atoms with Crippen LogP contribution in [-0.2, 0) is 26.2 Å². The Bertz CT molecular complexity index is 728. The normalized spacial score (nSPS) is 21.8. The minimum Gasteiger partial charge on any atom is -0.511 e. The number of benzene rings is 1. The van der Waals surface area contributed by atoms with Crippen LogP contribution < -0.4 is 0 Å². The van der Waals surface area contributed by atoms with Crippen molar-refractivity contribution in [2.75, 3.05) is 6.26 Å². The second-order valence-electron chi connectivity index (χ2n) is 8.35. The zero-order chi connectivity index (χ0) is 20.4. The molecule has 0 saturated carbocycles. The molecule has 0 aromatic heterocycles. The average molecular weight is 391 g/mol. The van der Waals surface area contributed by atoms with Crippen LogP contribution in [0.25, 0.3) is 0 Å². The summed E-state index contributed by atoms with van der Waals surface area (Å²) < 4.78 is 5.21. The molecule has 1 aromatic carbocycles. The van der Waals surface area contributed by atoms with E-state index < -0.39 is 17.9 Å². The smallest absolute Gasteiger partial charge is 0.346 e. The van der Waals surface area contributed by atoms with E-state index in [2.05, 4.69) is 32.9 Å². The fraction of sp³-hybridized carbons (Fsp3) is 0.545. The SMILES string of the molecule is CSC(C)CC1OC(=O)C(=C(O)C(C)Cc2ccc(C(C)(C)C)cc2)C1=O.